The smallest absolute Gasteiger partial charge is 0.224 e. The number of primary amides is 1. The lowest BCUT2D eigenvalue weighted by atomic mass is 9.87. The Hall–Kier alpha value is -1.84. The second-order valence-corrected chi connectivity index (χ2v) is 5.20. The van der Waals surface area contributed by atoms with E-state index in [1.165, 1.54) is 12.1 Å². The van der Waals surface area contributed by atoms with Gasteiger partial charge in [0.15, 0.2) is 0 Å². The number of hydrogen-bond donors (Lipinski definition) is 2. The molecule has 1 amide bonds. The zero-order valence-electron chi connectivity index (χ0n) is 10.2. The van der Waals surface area contributed by atoms with E-state index in [-0.39, 0.29) is 17.6 Å². The average Bonchev–Trinajstić information content (AvgIpc) is 3.03. The lowest BCUT2D eigenvalue weighted by Crippen LogP contribution is -2.29. The zero-order chi connectivity index (χ0) is 12.9. The number of aromatic nitrogens is 1. The Labute approximate surface area is 104 Å². The quantitative estimate of drug-likeness (QED) is 0.859. The molecular formula is C14H15FN2O. The van der Waals surface area contributed by atoms with Crippen molar-refractivity contribution in [2.45, 2.75) is 25.7 Å². The van der Waals surface area contributed by atoms with Gasteiger partial charge < -0.3 is 10.7 Å². The maximum Gasteiger partial charge on any atom is 0.224 e. The first-order valence-electron chi connectivity index (χ1n) is 6.11. The van der Waals surface area contributed by atoms with Gasteiger partial charge in [0.05, 0.1) is 5.41 Å². The summed E-state index contributed by atoms with van der Waals surface area (Å²) in [6.07, 6.45) is 1.68. The Bertz CT molecular complexity index is 628. The van der Waals surface area contributed by atoms with E-state index in [9.17, 15) is 9.18 Å². The van der Waals surface area contributed by atoms with Crippen molar-refractivity contribution < 1.29 is 9.18 Å². The van der Waals surface area contributed by atoms with Crippen molar-refractivity contribution in [1.29, 1.82) is 0 Å². The number of nitrogens with two attached hydrogens (primary N) is 1. The number of nitrogens with one attached hydrogen (secondary N) is 1. The van der Waals surface area contributed by atoms with Crippen molar-refractivity contribution in [2.24, 2.45) is 11.1 Å². The maximum atomic E-state index is 13.1. The van der Waals surface area contributed by atoms with E-state index >= 15 is 0 Å². The Morgan fingerprint density at radius 3 is 2.78 bits per heavy atom. The Balaban J connectivity index is 2.02. The molecule has 18 heavy (non-hydrogen) atoms. The fraction of sp³-hybridized carbons (Fsp3) is 0.357. The summed E-state index contributed by atoms with van der Waals surface area (Å²) < 4.78 is 13.1. The van der Waals surface area contributed by atoms with Crippen LogP contribution in [-0.4, -0.2) is 10.9 Å². The molecule has 1 aromatic carbocycles. The molecule has 0 radical (unpaired) electrons. The van der Waals surface area contributed by atoms with Gasteiger partial charge in [0.1, 0.15) is 5.82 Å². The molecule has 3 rings (SSSR count). The van der Waals surface area contributed by atoms with Gasteiger partial charge in [0.2, 0.25) is 5.91 Å². The van der Waals surface area contributed by atoms with E-state index in [1.54, 1.807) is 6.07 Å². The van der Waals surface area contributed by atoms with E-state index in [1.807, 2.05) is 13.0 Å². The predicted octanol–water partition coefficient (Wildman–Crippen LogP) is 2.68. The highest BCUT2D eigenvalue weighted by molar-refractivity contribution is 5.86. The van der Waals surface area contributed by atoms with E-state index in [0.29, 0.717) is 0 Å². The number of carbonyl (C=O) groups is 1. The van der Waals surface area contributed by atoms with Gasteiger partial charge in [0, 0.05) is 22.5 Å². The summed E-state index contributed by atoms with van der Waals surface area (Å²) in [5.41, 5.74) is 6.91. The van der Waals surface area contributed by atoms with Crippen molar-refractivity contribution in [3.63, 3.8) is 0 Å². The Morgan fingerprint density at radius 2 is 2.17 bits per heavy atom. The third-order valence-electron chi connectivity index (χ3n) is 4.18. The monoisotopic (exact) mass is 246 g/mol. The lowest BCUT2D eigenvalue weighted by molar-refractivity contribution is -0.123. The van der Waals surface area contributed by atoms with Crippen LogP contribution in [0.15, 0.2) is 24.3 Å². The van der Waals surface area contributed by atoms with Gasteiger partial charge in [0.25, 0.3) is 0 Å². The molecule has 1 aliphatic carbocycles. The highest BCUT2D eigenvalue weighted by atomic mass is 19.1. The van der Waals surface area contributed by atoms with Gasteiger partial charge in [-0.2, -0.15) is 0 Å². The number of aromatic amines is 1. The van der Waals surface area contributed by atoms with Crippen LogP contribution in [0.3, 0.4) is 0 Å². The number of carbonyl (C=O) groups excluding carboxylic acids is 1. The molecule has 0 bridgehead atoms. The van der Waals surface area contributed by atoms with Crippen molar-refractivity contribution in [2.75, 3.05) is 0 Å². The number of H-pyrrole nitrogens is 1. The SMILES string of the molecule is C[C@@H](c1cc2cc(F)ccc2[nH]1)C1(C(N)=O)CC1. The molecule has 3 N–H and O–H groups in total. The number of amides is 1. The normalized spacial score (nSPS) is 18.8. The molecule has 0 spiro atoms. The maximum absolute atomic E-state index is 13.1. The Morgan fingerprint density at radius 1 is 1.44 bits per heavy atom. The molecular weight excluding hydrogens is 231 g/mol. The molecule has 1 fully saturated rings. The minimum atomic E-state index is -0.403. The minimum Gasteiger partial charge on any atom is -0.369 e. The molecule has 1 aliphatic rings. The van der Waals surface area contributed by atoms with Crippen LogP contribution >= 0.6 is 0 Å². The zero-order valence-corrected chi connectivity index (χ0v) is 10.2. The number of fused-ring (bicyclic) bond motifs is 1. The molecule has 1 heterocycles. The summed E-state index contributed by atoms with van der Waals surface area (Å²) in [5.74, 6) is -0.443. The molecule has 1 aromatic heterocycles. The molecule has 2 aromatic rings. The minimum absolute atomic E-state index is 0.0467. The van der Waals surface area contributed by atoms with E-state index in [0.717, 1.165) is 29.4 Å². The summed E-state index contributed by atoms with van der Waals surface area (Å²) in [7, 11) is 0. The molecule has 0 aliphatic heterocycles. The molecule has 94 valence electrons. The van der Waals surface area contributed by atoms with Crippen molar-refractivity contribution in [3.8, 4) is 0 Å². The number of rotatable bonds is 3. The summed E-state index contributed by atoms with van der Waals surface area (Å²) in [6.45, 7) is 2.00. The largest absolute Gasteiger partial charge is 0.369 e. The number of benzene rings is 1. The molecule has 0 unspecified atom stereocenters. The van der Waals surface area contributed by atoms with Crippen molar-refractivity contribution >= 4 is 16.8 Å². The second-order valence-electron chi connectivity index (χ2n) is 5.20. The van der Waals surface area contributed by atoms with Crippen LogP contribution in [0, 0.1) is 11.2 Å². The number of hydrogen-bond acceptors (Lipinski definition) is 1. The van der Waals surface area contributed by atoms with Crippen LogP contribution in [0.25, 0.3) is 10.9 Å². The fourth-order valence-corrected chi connectivity index (χ4v) is 2.68. The van der Waals surface area contributed by atoms with Crippen molar-refractivity contribution in [3.05, 3.63) is 35.8 Å². The van der Waals surface area contributed by atoms with Crippen LogP contribution in [0.5, 0.6) is 0 Å². The fourth-order valence-electron chi connectivity index (χ4n) is 2.68. The van der Waals surface area contributed by atoms with Crippen molar-refractivity contribution in [1.82, 2.24) is 4.98 Å². The molecule has 0 saturated heterocycles. The first-order valence-corrected chi connectivity index (χ1v) is 6.11. The summed E-state index contributed by atoms with van der Waals surface area (Å²) in [5, 5.41) is 0.831. The van der Waals surface area contributed by atoms with Gasteiger partial charge in [-0.05, 0) is 37.1 Å². The van der Waals surface area contributed by atoms with Crippen LogP contribution in [0.2, 0.25) is 0 Å². The third-order valence-corrected chi connectivity index (χ3v) is 4.18. The standard InChI is InChI=1S/C14H15FN2O/c1-8(14(4-5-14)13(16)18)12-7-9-6-10(15)2-3-11(9)17-12/h2-3,6-8,17H,4-5H2,1H3,(H2,16,18)/t8-/m0/s1. The highest BCUT2D eigenvalue weighted by Gasteiger charge is 2.53. The Kier molecular flexibility index (Phi) is 2.24. The second kappa shape index (κ2) is 3.57. The predicted molar refractivity (Wildman–Crippen MR) is 67.5 cm³/mol. The third kappa shape index (κ3) is 1.52. The van der Waals surface area contributed by atoms with E-state index < -0.39 is 5.41 Å². The molecule has 1 saturated carbocycles. The van der Waals surface area contributed by atoms with Gasteiger partial charge >= 0.3 is 0 Å². The summed E-state index contributed by atoms with van der Waals surface area (Å²) in [4.78, 5) is 14.8. The van der Waals surface area contributed by atoms with Crippen LogP contribution in [0.1, 0.15) is 31.4 Å². The van der Waals surface area contributed by atoms with Crippen LogP contribution < -0.4 is 5.73 Å². The van der Waals surface area contributed by atoms with Crippen LogP contribution in [0.4, 0.5) is 4.39 Å². The van der Waals surface area contributed by atoms with Gasteiger partial charge in [-0.3, -0.25) is 4.79 Å². The molecule has 4 heteroatoms. The topological polar surface area (TPSA) is 58.9 Å². The average molecular weight is 246 g/mol. The van der Waals surface area contributed by atoms with Gasteiger partial charge in [-0.1, -0.05) is 6.92 Å². The lowest BCUT2D eigenvalue weighted by Gasteiger charge is -2.18. The molecule has 1 atom stereocenters. The van der Waals surface area contributed by atoms with Gasteiger partial charge in [-0.25, -0.2) is 4.39 Å². The molecule has 3 nitrogen and oxygen atoms in total. The summed E-state index contributed by atoms with van der Waals surface area (Å²) >= 11 is 0. The van der Waals surface area contributed by atoms with E-state index in [2.05, 4.69) is 4.98 Å². The number of halogens is 1. The van der Waals surface area contributed by atoms with Crippen LogP contribution in [-0.2, 0) is 4.79 Å². The summed E-state index contributed by atoms with van der Waals surface area (Å²) in [6, 6.07) is 6.54. The van der Waals surface area contributed by atoms with E-state index in [4.69, 9.17) is 5.73 Å². The van der Waals surface area contributed by atoms with Gasteiger partial charge in [-0.15, -0.1) is 0 Å². The first-order chi connectivity index (χ1) is 8.53. The highest BCUT2D eigenvalue weighted by Crippen LogP contribution is 2.55. The first kappa shape index (κ1) is 11.3.